The molecule has 0 aliphatic heterocycles. The standard InChI is InChI=1S/C14H32S4/c1-7-10-12-16-18(14(6)9-3,15-11-8-2)17-13(4)5/h13-14H,7-12H2,1-6H3. The van der Waals surface area contributed by atoms with Crippen molar-refractivity contribution < 1.29 is 0 Å². The Hall–Kier alpha value is 1.40. The molecule has 0 heterocycles. The molecule has 0 aliphatic carbocycles. The molecular formula is C14H32S4. The summed E-state index contributed by atoms with van der Waals surface area (Å²) < 4.78 is 0. The molecule has 0 aromatic carbocycles. The summed E-state index contributed by atoms with van der Waals surface area (Å²) in [5.41, 5.74) is 0. The van der Waals surface area contributed by atoms with E-state index in [0.29, 0.717) is 0 Å². The van der Waals surface area contributed by atoms with Crippen molar-refractivity contribution in [2.45, 2.75) is 77.7 Å². The van der Waals surface area contributed by atoms with Crippen LogP contribution < -0.4 is 0 Å². The Balaban J connectivity index is 4.74. The summed E-state index contributed by atoms with van der Waals surface area (Å²) in [4.78, 5) is 0. The first kappa shape index (κ1) is 19.4. The maximum Gasteiger partial charge on any atom is 0.0120 e. The van der Waals surface area contributed by atoms with Crippen molar-refractivity contribution >= 4 is 39.5 Å². The van der Waals surface area contributed by atoms with Crippen molar-refractivity contribution in [3.8, 4) is 0 Å². The van der Waals surface area contributed by atoms with E-state index in [1.165, 1.54) is 37.2 Å². The lowest BCUT2D eigenvalue weighted by Crippen LogP contribution is -2.09. The fourth-order valence-corrected chi connectivity index (χ4v) is 18.7. The Bertz CT molecular complexity index is 196. The number of unbranched alkanes of at least 4 members (excludes halogenated alkanes) is 1. The van der Waals surface area contributed by atoms with Gasteiger partial charge in [-0.05, 0) is 19.3 Å². The highest BCUT2D eigenvalue weighted by Gasteiger charge is 2.32. The van der Waals surface area contributed by atoms with Crippen LogP contribution in [-0.2, 0) is 0 Å². The van der Waals surface area contributed by atoms with Crippen molar-refractivity contribution in [2.24, 2.45) is 0 Å². The van der Waals surface area contributed by atoms with Gasteiger partial charge in [0.2, 0.25) is 0 Å². The van der Waals surface area contributed by atoms with Crippen LogP contribution in [0.5, 0.6) is 0 Å². The molecule has 0 aromatic rings. The number of hydrogen-bond acceptors (Lipinski definition) is 3. The molecule has 0 rings (SSSR count). The first-order valence-electron chi connectivity index (χ1n) is 7.31. The van der Waals surface area contributed by atoms with E-state index in [1.54, 1.807) is 0 Å². The third-order valence-corrected chi connectivity index (χ3v) is 19.0. The molecular weight excluding hydrogens is 296 g/mol. The van der Waals surface area contributed by atoms with E-state index in [9.17, 15) is 0 Å². The van der Waals surface area contributed by atoms with Crippen LogP contribution in [0, 0.1) is 0 Å². The molecule has 112 valence electrons. The lowest BCUT2D eigenvalue weighted by Gasteiger charge is -2.43. The zero-order valence-electron chi connectivity index (χ0n) is 13.0. The maximum atomic E-state index is 2.48. The number of hydrogen-bond donors (Lipinski definition) is 0. The Kier molecular flexibility index (Phi) is 12.0. The van der Waals surface area contributed by atoms with Crippen molar-refractivity contribution in [1.29, 1.82) is 0 Å². The largest absolute Gasteiger partial charge is 0.0939 e. The van der Waals surface area contributed by atoms with Gasteiger partial charge in [-0.3, -0.25) is 0 Å². The van der Waals surface area contributed by atoms with E-state index in [1.807, 2.05) is 0 Å². The van der Waals surface area contributed by atoms with E-state index >= 15 is 0 Å². The van der Waals surface area contributed by atoms with Crippen LogP contribution in [0.2, 0.25) is 0 Å². The van der Waals surface area contributed by atoms with E-state index in [4.69, 9.17) is 0 Å². The second-order valence-corrected chi connectivity index (χ2v) is 17.7. The average Bonchev–Trinajstić information content (AvgIpc) is 2.34. The summed E-state index contributed by atoms with van der Waals surface area (Å²) in [5.74, 6) is 2.69. The lowest BCUT2D eigenvalue weighted by atomic mass is 10.4. The molecule has 0 radical (unpaired) electrons. The fraction of sp³-hybridized carbons (Fsp3) is 1.00. The zero-order valence-corrected chi connectivity index (χ0v) is 16.3. The summed E-state index contributed by atoms with van der Waals surface area (Å²) in [5, 5.41) is 1.62. The Labute approximate surface area is 128 Å². The molecule has 0 aromatic heterocycles. The molecule has 0 nitrogen and oxygen atoms in total. The molecule has 0 saturated heterocycles. The molecule has 0 N–H and O–H groups in total. The van der Waals surface area contributed by atoms with Crippen molar-refractivity contribution in [3.05, 3.63) is 0 Å². The third kappa shape index (κ3) is 7.25. The second-order valence-electron chi connectivity index (χ2n) is 4.85. The van der Waals surface area contributed by atoms with Crippen LogP contribution in [0.3, 0.4) is 0 Å². The zero-order chi connectivity index (χ0) is 14.0. The smallest absolute Gasteiger partial charge is 0.0120 e. The highest BCUT2D eigenvalue weighted by molar-refractivity contribution is 9.48. The summed E-state index contributed by atoms with van der Waals surface area (Å²) in [6.07, 6.45) is 5.34. The van der Waals surface area contributed by atoms with E-state index in [-0.39, 0.29) is 0 Å². The van der Waals surface area contributed by atoms with Crippen LogP contribution in [-0.4, -0.2) is 22.0 Å². The summed E-state index contributed by atoms with van der Waals surface area (Å²) >= 11 is 0. The third-order valence-electron chi connectivity index (χ3n) is 2.59. The SMILES string of the molecule is CCCCSS(SCCC)(SC(C)C)C(C)CC. The second kappa shape index (κ2) is 11.1. The Morgan fingerprint density at radius 1 is 0.889 bits per heavy atom. The minimum Gasteiger partial charge on any atom is -0.0939 e. The molecule has 0 aliphatic rings. The van der Waals surface area contributed by atoms with Gasteiger partial charge in [0.15, 0.2) is 0 Å². The summed E-state index contributed by atoms with van der Waals surface area (Å²) in [7, 11) is 6.26. The van der Waals surface area contributed by atoms with Gasteiger partial charge in [0.25, 0.3) is 0 Å². The van der Waals surface area contributed by atoms with Crippen molar-refractivity contribution in [2.75, 3.05) is 11.5 Å². The monoisotopic (exact) mass is 328 g/mol. The van der Waals surface area contributed by atoms with E-state index in [0.717, 1.165) is 10.5 Å². The van der Waals surface area contributed by atoms with Gasteiger partial charge in [-0.25, -0.2) is 0 Å². The molecule has 0 saturated carbocycles. The van der Waals surface area contributed by atoms with Gasteiger partial charge < -0.3 is 0 Å². The van der Waals surface area contributed by atoms with Gasteiger partial charge in [0.1, 0.15) is 0 Å². The lowest BCUT2D eigenvalue weighted by molar-refractivity contribution is 0.896. The van der Waals surface area contributed by atoms with Gasteiger partial charge >= 0.3 is 0 Å². The molecule has 0 amide bonds. The fourth-order valence-electron chi connectivity index (χ4n) is 1.41. The topological polar surface area (TPSA) is 0 Å². The molecule has 4 heteroatoms. The van der Waals surface area contributed by atoms with Crippen LogP contribution in [0.15, 0.2) is 0 Å². The predicted octanol–water partition coefficient (Wildman–Crippen LogP) is 7.15. The van der Waals surface area contributed by atoms with Crippen LogP contribution in [0.4, 0.5) is 0 Å². The van der Waals surface area contributed by atoms with E-state index < -0.39 is 7.12 Å². The maximum absolute atomic E-state index is 2.48. The highest BCUT2D eigenvalue weighted by Crippen LogP contribution is 2.82. The molecule has 18 heavy (non-hydrogen) atoms. The Morgan fingerprint density at radius 2 is 1.50 bits per heavy atom. The van der Waals surface area contributed by atoms with Gasteiger partial charge in [0, 0.05) is 22.0 Å². The van der Waals surface area contributed by atoms with Gasteiger partial charge in [-0.2, -0.15) is 0 Å². The first-order chi connectivity index (χ1) is 8.52. The highest BCUT2D eigenvalue weighted by atomic mass is 33.8. The Morgan fingerprint density at radius 3 is 1.94 bits per heavy atom. The van der Waals surface area contributed by atoms with Crippen molar-refractivity contribution in [1.82, 2.24) is 0 Å². The molecule has 0 spiro atoms. The summed E-state index contributed by atoms with van der Waals surface area (Å²) in [6.45, 7) is 14.2. The molecule has 2 unspecified atom stereocenters. The molecule has 2 atom stereocenters. The molecule has 0 fully saturated rings. The van der Waals surface area contributed by atoms with Crippen LogP contribution in [0.25, 0.3) is 0 Å². The van der Waals surface area contributed by atoms with Gasteiger partial charge in [0.05, 0.1) is 0 Å². The van der Waals surface area contributed by atoms with E-state index in [2.05, 4.69) is 73.9 Å². The van der Waals surface area contributed by atoms with Crippen LogP contribution in [0.1, 0.15) is 67.2 Å². The predicted molar refractivity (Wildman–Crippen MR) is 100 cm³/mol. The van der Waals surface area contributed by atoms with Crippen molar-refractivity contribution in [3.63, 3.8) is 0 Å². The number of rotatable bonds is 11. The summed E-state index contributed by atoms with van der Waals surface area (Å²) in [6, 6.07) is 0. The molecule has 0 bridgehead atoms. The average molecular weight is 329 g/mol. The normalized spacial score (nSPS) is 18.6. The minimum atomic E-state index is -0.609. The first-order valence-corrected chi connectivity index (χ1v) is 13.4. The van der Waals surface area contributed by atoms with Gasteiger partial charge in [-0.1, -0.05) is 87.5 Å². The quantitative estimate of drug-likeness (QED) is 0.292. The van der Waals surface area contributed by atoms with Gasteiger partial charge in [-0.15, -0.1) is 0 Å². The van der Waals surface area contributed by atoms with Crippen LogP contribution >= 0.6 is 39.5 Å². The minimum absolute atomic E-state index is 0.609.